The third-order valence-electron chi connectivity index (χ3n) is 3.80. The lowest BCUT2D eigenvalue weighted by Crippen LogP contribution is -2.23. The number of carboxylic acid groups (broad SMARTS) is 1. The van der Waals surface area contributed by atoms with Gasteiger partial charge in [-0.1, -0.05) is 19.3 Å². The molecule has 0 spiro atoms. The second-order valence-corrected chi connectivity index (χ2v) is 5.53. The van der Waals surface area contributed by atoms with E-state index < -0.39 is 17.8 Å². The average Bonchev–Trinajstić information content (AvgIpc) is 2.41. The van der Waals surface area contributed by atoms with Crippen LogP contribution in [0.15, 0.2) is 18.2 Å². The Labute approximate surface area is 129 Å². The third kappa shape index (κ3) is 4.65. The molecule has 0 unspecified atom stereocenters. The van der Waals surface area contributed by atoms with E-state index in [-0.39, 0.29) is 11.7 Å². The molecule has 0 bridgehead atoms. The topological polar surface area (TPSA) is 95.9 Å². The second kappa shape index (κ2) is 7.68. The number of phenols is 1. The van der Waals surface area contributed by atoms with Crippen molar-refractivity contribution in [2.75, 3.05) is 5.32 Å². The van der Waals surface area contributed by atoms with Gasteiger partial charge in [0, 0.05) is 11.8 Å². The van der Waals surface area contributed by atoms with Gasteiger partial charge in [0.15, 0.2) is 0 Å². The van der Waals surface area contributed by atoms with Gasteiger partial charge in [-0.05, 0) is 37.8 Å². The molecule has 1 aliphatic carbocycles. The molecule has 0 atom stereocenters. The minimum atomic E-state index is -1.22. The molecule has 0 heterocycles. The number of nitrogens with one attached hydrogen (secondary N) is 1. The van der Waals surface area contributed by atoms with Crippen LogP contribution in [0.25, 0.3) is 0 Å². The molecular formula is C16H21NO5. The lowest BCUT2D eigenvalue weighted by molar-refractivity contribution is 0.0693. The van der Waals surface area contributed by atoms with Crippen molar-refractivity contribution in [1.82, 2.24) is 0 Å². The van der Waals surface area contributed by atoms with Crippen LogP contribution in [0.5, 0.6) is 5.75 Å². The summed E-state index contributed by atoms with van der Waals surface area (Å²) in [6.45, 7) is 0. The Kier molecular flexibility index (Phi) is 5.63. The van der Waals surface area contributed by atoms with Crippen molar-refractivity contribution in [2.45, 2.75) is 51.0 Å². The van der Waals surface area contributed by atoms with Gasteiger partial charge in [0.25, 0.3) is 0 Å². The molecule has 1 aliphatic rings. The molecule has 120 valence electrons. The van der Waals surface area contributed by atoms with Gasteiger partial charge in [0.2, 0.25) is 0 Å². The summed E-state index contributed by atoms with van der Waals surface area (Å²) in [5.41, 5.74) is 0.0947. The zero-order valence-electron chi connectivity index (χ0n) is 12.4. The molecule has 1 aromatic carbocycles. The van der Waals surface area contributed by atoms with Gasteiger partial charge in [-0.25, -0.2) is 9.59 Å². The van der Waals surface area contributed by atoms with Gasteiger partial charge >= 0.3 is 12.1 Å². The van der Waals surface area contributed by atoms with Crippen molar-refractivity contribution in [3.63, 3.8) is 0 Å². The molecule has 22 heavy (non-hydrogen) atoms. The summed E-state index contributed by atoms with van der Waals surface area (Å²) < 4.78 is 5.40. The van der Waals surface area contributed by atoms with Crippen molar-refractivity contribution in [3.05, 3.63) is 23.8 Å². The summed E-state index contributed by atoms with van der Waals surface area (Å²) in [7, 11) is 0. The molecule has 0 aliphatic heterocycles. The smallest absolute Gasteiger partial charge is 0.411 e. The average molecular weight is 307 g/mol. The van der Waals surface area contributed by atoms with E-state index in [2.05, 4.69) is 5.32 Å². The number of rotatable bonds is 3. The number of carbonyl (C=O) groups excluding carboxylic acids is 1. The van der Waals surface area contributed by atoms with Crippen molar-refractivity contribution < 1.29 is 24.5 Å². The Morgan fingerprint density at radius 3 is 2.32 bits per heavy atom. The molecule has 0 radical (unpaired) electrons. The highest BCUT2D eigenvalue weighted by Gasteiger charge is 2.17. The van der Waals surface area contributed by atoms with E-state index in [1.807, 2.05) is 0 Å². The van der Waals surface area contributed by atoms with Gasteiger partial charge in [-0.15, -0.1) is 0 Å². The molecule has 1 aromatic rings. The first-order valence-corrected chi connectivity index (χ1v) is 7.60. The van der Waals surface area contributed by atoms with Gasteiger partial charge in [0.1, 0.15) is 17.4 Å². The van der Waals surface area contributed by atoms with Crippen LogP contribution in [0.3, 0.4) is 0 Å². The lowest BCUT2D eigenvalue weighted by atomic mass is 9.99. The molecule has 3 N–H and O–H groups in total. The SMILES string of the molecule is O=C(Nc1ccc(C(=O)O)c(O)c1)OC1CCCCCCC1. The Hall–Kier alpha value is -2.24. The number of carboxylic acids is 1. The van der Waals surface area contributed by atoms with Crippen LogP contribution in [0.2, 0.25) is 0 Å². The first-order chi connectivity index (χ1) is 10.6. The monoisotopic (exact) mass is 307 g/mol. The van der Waals surface area contributed by atoms with Crippen LogP contribution in [-0.2, 0) is 4.74 Å². The zero-order chi connectivity index (χ0) is 15.9. The molecule has 2 rings (SSSR count). The maximum Gasteiger partial charge on any atom is 0.411 e. The van der Waals surface area contributed by atoms with E-state index in [9.17, 15) is 14.7 Å². The number of aromatic hydroxyl groups is 1. The number of hydrogen-bond acceptors (Lipinski definition) is 4. The molecule has 0 aromatic heterocycles. The van der Waals surface area contributed by atoms with Crippen molar-refractivity contribution in [1.29, 1.82) is 0 Å². The van der Waals surface area contributed by atoms with E-state index in [0.29, 0.717) is 5.69 Å². The fourth-order valence-corrected chi connectivity index (χ4v) is 2.63. The summed E-state index contributed by atoms with van der Waals surface area (Å²) in [6.07, 6.45) is 6.80. The number of benzene rings is 1. The van der Waals surface area contributed by atoms with E-state index in [0.717, 1.165) is 25.7 Å². The third-order valence-corrected chi connectivity index (χ3v) is 3.80. The van der Waals surface area contributed by atoms with Crippen molar-refractivity contribution >= 4 is 17.7 Å². The van der Waals surface area contributed by atoms with Gasteiger partial charge in [0.05, 0.1) is 0 Å². The minimum Gasteiger partial charge on any atom is -0.507 e. The van der Waals surface area contributed by atoms with Crippen LogP contribution in [0.1, 0.15) is 55.3 Å². The second-order valence-electron chi connectivity index (χ2n) is 5.53. The highest BCUT2D eigenvalue weighted by atomic mass is 16.6. The fourth-order valence-electron chi connectivity index (χ4n) is 2.63. The van der Waals surface area contributed by atoms with Crippen LogP contribution >= 0.6 is 0 Å². The normalized spacial score (nSPS) is 16.4. The van der Waals surface area contributed by atoms with Crippen LogP contribution in [0.4, 0.5) is 10.5 Å². The Bertz CT molecular complexity index is 535. The van der Waals surface area contributed by atoms with Gasteiger partial charge < -0.3 is 14.9 Å². The number of aromatic carboxylic acids is 1. The highest BCUT2D eigenvalue weighted by Crippen LogP contribution is 2.23. The first kappa shape index (κ1) is 16.1. The largest absolute Gasteiger partial charge is 0.507 e. The summed E-state index contributed by atoms with van der Waals surface area (Å²) in [5, 5.41) is 20.9. The predicted octanol–water partition coefficient (Wildman–Crippen LogP) is 3.75. The lowest BCUT2D eigenvalue weighted by Gasteiger charge is -2.20. The van der Waals surface area contributed by atoms with E-state index in [4.69, 9.17) is 9.84 Å². The molecule has 1 amide bonds. The van der Waals surface area contributed by atoms with Crippen LogP contribution < -0.4 is 5.32 Å². The summed E-state index contributed by atoms with van der Waals surface area (Å²) in [4.78, 5) is 22.7. The maximum absolute atomic E-state index is 11.9. The number of amides is 1. The minimum absolute atomic E-state index is 0.0767. The highest BCUT2D eigenvalue weighted by molar-refractivity contribution is 5.92. The number of ether oxygens (including phenoxy) is 1. The maximum atomic E-state index is 11.9. The predicted molar refractivity (Wildman–Crippen MR) is 81.3 cm³/mol. The zero-order valence-corrected chi connectivity index (χ0v) is 12.4. The number of carbonyl (C=O) groups is 2. The first-order valence-electron chi connectivity index (χ1n) is 7.60. The van der Waals surface area contributed by atoms with Crippen molar-refractivity contribution in [2.24, 2.45) is 0 Å². The molecular weight excluding hydrogens is 286 g/mol. The quantitative estimate of drug-likeness (QED) is 0.790. The molecule has 0 saturated heterocycles. The Morgan fingerprint density at radius 1 is 1.09 bits per heavy atom. The molecule has 1 saturated carbocycles. The Morgan fingerprint density at radius 2 is 1.73 bits per heavy atom. The van der Waals surface area contributed by atoms with Crippen molar-refractivity contribution in [3.8, 4) is 5.75 Å². The summed E-state index contributed by atoms with van der Waals surface area (Å²) >= 11 is 0. The molecule has 6 nitrogen and oxygen atoms in total. The number of anilines is 1. The van der Waals surface area contributed by atoms with E-state index in [1.54, 1.807) is 0 Å². The fraction of sp³-hybridized carbons (Fsp3) is 0.500. The van der Waals surface area contributed by atoms with E-state index >= 15 is 0 Å². The standard InChI is InChI=1S/C16H21NO5/c18-14-10-11(8-9-13(14)15(19)20)17-16(21)22-12-6-4-2-1-3-5-7-12/h8-10,12,18H,1-7H2,(H,17,21)(H,19,20). The van der Waals surface area contributed by atoms with Crippen LogP contribution in [0, 0.1) is 0 Å². The summed E-state index contributed by atoms with van der Waals surface area (Å²) in [6, 6.07) is 3.86. The number of hydrogen-bond donors (Lipinski definition) is 3. The summed E-state index contributed by atoms with van der Waals surface area (Å²) in [5.74, 6) is -1.61. The van der Waals surface area contributed by atoms with Gasteiger partial charge in [-0.2, -0.15) is 0 Å². The van der Waals surface area contributed by atoms with E-state index in [1.165, 1.54) is 37.5 Å². The molecule has 6 heteroatoms. The molecule has 1 fully saturated rings. The Balaban J connectivity index is 1.91. The van der Waals surface area contributed by atoms with Gasteiger partial charge in [-0.3, -0.25) is 5.32 Å². The van der Waals surface area contributed by atoms with Crippen LogP contribution in [-0.4, -0.2) is 28.4 Å².